The van der Waals surface area contributed by atoms with Crippen LogP contribution in [-0.2, 0) is 13.0 Å². The highest BCUT2D eigenvalue weighted by Crippen LogP contribution is 2.21. The van der Waals surface area contributed by atoms with Crippen LogP contribution in [0, 0.1) is 6.92 Å². The summed E-state index contributed by atoms with van der Waals surface area (Å²) in [5.74, 6) is 0. The van der Waals surface area contributed by atoms with Crippen LogP contribution in [-0.4, -0.2) is 52.6 Å². The topological polar surface area (TPSA) is 82.4 Å². The third kappa shape index (κ3) is 5.58. The number of rotatable bonds is 7. The zero-order valence-electron chi connectivity index (χ0n) is 15.3. The Morgan fingerprint density at radius 2 is 2.12 bits per heavy atom. The largest absolute Gasteiger partial charge is 0.390 e. The van der Waals surface area contributed by atoms with E-state index in [-0.39, 0.29) is 6.03 Å². The van der Waals surface area contributed by atoms with E-state index in [2.05, 4.69) is 22.7 Å². The van der Waals surface area contributed by atoms with Gasteiger partial charge in [-0.1, -0.05) is 25.1 Å². The summed E-state index contributed by atoms with van der Waals surface area (Å²) >= 11 is 0. The van der Waals surface area contributed by atoms with Crippen LogP contribution < -0.4 is 10.6 Å². The van der Waals surface area contributed by atoms with Gasteiger partial charge in [0.05, 0.1) is 24.5 Å². The fraction of sp³-hybridized carbons (Fsp3) is 0.444. The number of aliphatic hydroxyl groups excluding tert-OH is 1. The van der Waals surface area contributed by atoms with Gasteiger partial charge in [-0.2, -0.15) is 5.10 Å². The lowest BCUT2D eigenvalue weighted by molar-refractivity contribution is 0.116. The minimum atomic E-state index is -0.518. The SMILES string of the molecule is CCc1cccc(C)c1NC(=O)Nc1cnn(CC(O)CN(C)C)c1. The van der Waals surface area contributed by atoms with Crippen LogP contribution in [0.3, 0.4) is 0 Å². The molecule has 0 aliphatic rings. The molecule has 2 aromatic rings. The first-order valence-corrected chi connectivity index (χ1v) is 8.40. The van der Waals surface area contributed by atoms with Crippen molar-refractivity contribution in [3.05, 3.63) is 41.7 Å². The first-order chi connectivity index (χ1) is 11.9. The van der Waals surface area contributed by atoms with Crippen molar-refractivity contribution in [2.75, 3.05) is 31.3 Å². The number of amides is 2. The maximum atomic E-state index is 12.3. The maximum Gasteiger partial charge on any atom is 0.323 e. The van der Waals surface area contributed by atoms with Crippen LogP contribution in [0.25, 0.3) is 0 Å². The number of benzene rings is 1. The van der Waals surface area contributed by atoms with Gasteiger partial charge in [-0.15, -0.1) is 0 Å². The molecule has 136 valence electrons. The monoisotopic (exact) mass is 345 g/mol. The molecule has 7 heteroatoms. The average molecular weight is 345 g/mol. The molecule has 0 saturated carbocycles. The minimum absolute atomic E-state index is 0.308. The molecular formula is C18H27N5O2. The molecule has 25 heavy (non-hydrogen) atoms. The second-order valence-electron chi connectivity index (χ2n) is 6.41. The Morgan fingerprint density at radius 1 is 1.36 bits per heavy atom. The molecule has 1 unspecified atom stereocenters. The summed E-state index contributed by atoms with van der Waals surface area (Å²) < 4.78 is 1.62. The van der Waals surface area contributed by atoms with Crippen LogP contribution in [0.5, 0.6) is 0 Å². The lowest BCUT2D eigenvalue weighted by Crippen LogP contribution is -2.29. The first kappa shape index (κ1) is 19.0. The van der Waals surface area contributed by atoms with Gasteiger partial charge in [0, 0.05) is 18.4 Å². The van der Waals surface area contributed by atoms with Gasteiger partial charge in [-0.25, -0.2) is 4.79 Å². The zero-order valence-corrected chi connectivity index (χ0v) is 15.3. The number of aryl methyl sites for hydroxylation is 2. The molecule has 1 heterocycles. The van der Waals surface area contributed by atoms with Gasteiger partial charge < -0.3 is 20.6 Å². The Hall–Kier alpha value is -2.38. The van der Waals surface area contributed by atoms with E-state index < -0.39 is 6.10 Å². The molecule has 1 atom stereocenters. The molecule has 0 radical (unpaired) electrons. The molecule has 0 spiro atoms. The smallest absolute Gasteiger partial charge is 0.323 e. The van der Waals surface area contributed by atoms with E-state index in [1.165, 1.54) is 0 Å². The van der Waals surface area contributed by atoms with E-state index >= 15 is 0 Å². The third-order valence-corrected chi connectivity index (χ3v) is 3.84. The molecule has 2 rings (SSSR count). The molecule has 2 amide bonds. The fourth-order valence-corrected chi connectivity index (χ4v) is 2.70. The number of anilines is 2. The molecule has 1 aromatic heterocycles. The van der Waals surface area contributed by atoms with Crippen LogP contribution in [0.1, 0.15) is 18.1 Å². The van der Waals surface area contributed by atoms with Gasteiger partial charge in [-0.3, -0.25) is 4.68 Å². The quantitative estimate of drug-likeness (QED) is 0.719. The highest BCUT2D eigenvalue weighted by molar-refractivity contribution is 6.00. The minimum Gasteiger partial charge on any atom is -0.390 e. The Morgan fingerprint density at radius 3 is 2.80 bits per heavy atom. The fourth-order valence-electron chi connectivity index (χ4n) is 2.70. The summed E-state index contributed by atoms with van der Waals surface area (Å²) in [5.41, 5.74) is 3.55. The van der Waals surface area contributed by atoms with Crippen molar-refractivity contribution < 1.29 is 9.90 Å². The number of hydrogen-bond acceptors (Lipinski definition) is 4. The summed E-state index contributed by atoms with van der Waals surface area (Å²) in [6.07, 6.45) is 3.60. The summed E-state index contributed by atoms with van der Waals surface area (Å²) in [4.78, 5) is 14.2. The number of urea groups is 1. The number of aromatic nitrogens is 2. The number of carbonyl (C=O) groups excluding carboxylic acids is 1. The number of carbonyl (C=O) groups is 1. The molecule has 1 aromatic carbocycles. The third-order valence-electron chi connectivity index (χ3n) is 3.84. The molecule has 0 bridgehead atoms. The summed E-state index contributed by atoms with van der Waals surface area (Å²) in [5, 5.41) is 19.8. The van der Waals surface area contributed by atoms with Crippen molar-refractivity contribution in [3.8, 4) is 0 Å². The molecular weight excluding hydrogens is 318 g/mol. The van der Waals surface area contributed by atoms with E-state index in [1.54, 1.807) is 17.1 Å². The molecule has 0 aliphatic heterocycles. The summed E-state index contributed by atoms with van der Waals surface area (Å²) in [6.45, 7) is 4.95. The Kier molecular flexibility index (Phi) is 6.55. The van der Waals surface area contributed by atoms with Crippen molar-refractivity contribution in [3.63, 3.8) is 0 Å². The Labute approximate surface area is 148 Å². The van der Waals surface area contributed by atoms with Crippen molar-refractivity contribution in [1.82, 2.24) is 14.7 Å². The zero-order chi connectivity index (χ0) is 18.4. The van der Waals surface area contributed by atoms with Gasteiger partial charge in [0.2, 0.25) is 0 Å². The van der Waals surface area contributed by atoms with E-state index in [0.29, 0.717) is 18.8 Å². The van der Waals surface area contributed by atoms with Crippen molar-refractivity contribution >= 4 is 17.4 Å². The van der Waals surface area contributed by atoms with E-state index in [1.807, 2.05) is 44.1 Å². The molecule has 7 nitrogen and oxygen atoms in total. The van der Waals surface area contributed by atoms with Gasteiger partial charge in [0.1, 0.15) is 0 Å². The molecule has 0 aliphatic carbocycles. The first-order valence-electron chi connectivity index (χ1n) is 8.40. The van der Waals surface area contributed by atoms with E-state index in [9.17, 15) is 9.90 Å². The van der Waals surface area contributed by atoms with Gasteiger partial charge in [0.15, 0.2) is 0 Å². The Bertz CT molecular complexity index is 711. The number of hydrogen-bond donors (Lipinski definition) is 3. The van der Waals surface area contributed by atoms with Crippen molar-refractivity contribution in [2.45, 2.75) is 32.9 Å². The second kappa shape index (κ2) is 8.64. The predicted molar refractivity (Wildman–Crippen MR) is 100.0 cm³/mol. The summed E-state index contributed by atoms with van der Waals surface area (Å²) in [7, 11) is 3.81. The average Bonchev–Trinajstić information content (AvgIpc) is 2.95. The van der Waals surface area contributed by atoms with E-state index in [4.69, 9.17) is 0 Å². The van der Waals surface area contributed by atoms with Crippen LogP contribution in [0.2, 0.25) is 0 Å². The lowest BCUT2D eigenvalue weighted by Gasteiger charge is -2.15. The lowest BCUT2D eigenvalue weighted by atomic mass is 10.1. The van der Waals surface area contributed by atoms with E-state index in [0.717, 1.165) is 23.2 Å². The Balaban J connectivity index is 1.96. The van der Waals surface area contributed by atoms with Crippen molar-refractivity contribution in [1.29, 1.82) is 0 Å². The number of para-hydroxylation sites is 1. The van der Waals surface area contributed by atoms with Gasteiger partial charge in [-0.05, 0) is 38.6 Å². The highest BCUT2D eigenvalue weighted by atomic mass is 16.3. The predicted octanol–water partition coefficient (Wildman–Crippen LogP) is 2.32. The number of aliphatic hydroxyl groups is 1. The number of nitrogens with one attached hydrogen (secondary N) is 2. The van der Waals surface area contributed by atoms with Crippen LogP contribution in [0.15, 0.2) is 30.6 Å². The molecule has 0 fully saturated rings. The second-order valence-corrected chi connectivity index (χ2v) is 6.41. The number of likely N-dealkylation sites (N-methyl/N-ethyl adjacent to an activating group) is 1. The van der Waals surface area contributed by atoms with Crippen molar-refractivity contribution in [2.24, 2.45) is 0 Å². The van der Waals surface area contributed by atoms with Crippen LogP contribution in [0.4, 0.5) is 16.2 Å². The summed E-state index contributed by atoms with van der Waals surface area (Å²) in [6, 6.07) is 5.66. The van der Waals surface area contributed by atoms with Gasteiger partial charge in [0.25, 0.3) is 0 Å². The maximum absolute atomic E-state index is 12.3. The molecule has 3 N–H and O–H groups in total. The standard InChI is InChI=1S/C18H27N5O2/c1-5-14-8-6-7-13(2)17(14)21-18(25)20-15-9-19-23(10-15)12-16(24)11-22(3)4/h6-10,16,24H,5,11-12H2,1-4H3,(H2,20,21,25). The van der Waals surface area contributed by atoms with Gasteiger partial charge >= 0.3 is 6.03 Å². The van der Waals surface area contributed by atoms with Crippen LogP contribution >= 0.6 is 0 Å². The highest BCUT2D eigenvalue weighted by Gasteiger charge is 2.11. The normalized spacial score (nSPS) is 12.2. The molecule has 0 saturated heterocycles. The number of nitrogens with zero attached hydrogens (tertiary/aromatic N) is 3.